The fourth-order valence-electron chi connectivity index (χ4n) is 2.46. The molecule has 8 nitrogen and oxygen atoms in total. The number of benzene rings is 2. The second-order valence-electron chi connectivity index (χ2n) is 6.05. The first-order chi connectivity index (χ1) is 13.8. The van der Waals surface area contributed by atoms with Crippen LogP contribution in [0.3, 0.4) is 0 Å². The lowest BCUT2D eigenvalue weighted by Gasteiger charge is -2.22. The van der Waals surface area contributed by atoms with E-state index in [0.717, 1.165) is 18.2 Å². The minimum Gasteiger partial charge on any atom is -0.505 e. The summed E-state index contributed by atoms with van der Waals surface area (Å²) in [5.41, 5.74) is 1.84. The van der Waals surface area contributed by atoms with E-state index >= 15 is 0 Å². The first kappa shape index (κ1) is 21.6. The normalized spacial score (nSPS) is 12.8. The molecule has 0 aliphatic carbocycles. The summed E-state index contributed by atoms with van der Waals surface area (Å²) in [5.74, 6) is -3.67. The van der Waals surface area contributed by atoms with E-state index in [0.29, 0.717) is 0 Å². The van der Waals surface area contributed by atoms with Gasteiger partial charge in [0, 0.05) is 17.6 Å². The number of hydroxylamine groups is 1. The van der Waals surface area contributed by atoms with Crippen LogP contribution in [0.5, 0.6) is 5.75 Å². The number of phenols is 1. The van der Waals surface area contributed by atoms with Gasteiger partial charge in [0.25, 0.3) is 11.8 Å². The summed E-state index contributed by atoms with van der Waals surface area (Å²) in [6.45, 7) is 1.57. The van der Waals surface area contributed by atoms with Crippen LogP contribution in [0.2, 0.25) is 0 Å². The largest absolute Gasteiger partial charge is 0.505 e. The third-order valence-corrected chi connectivity index (χ3v) is 3.92. The molecule has 0 radical (unpaired) electrons. The van der Waals surface area contributed by atoms with Gasteiger partial charge in [0.2, 0.25) is 0 Å². The van der Waals surface area contributed by atoms with Crippen LogP contribution in [0, 0.1) is 11.7 Å². The zero-order valence-electron chi connectivity index (χ0n) is 15.3. The molecule has 3 amide bonds. The van der Waals surface area contributed by atoms with E-state index in [9.17, 15) is 23.9 Å². The number of amides is 3. The summed E-state index contributed by atoms with van der Waals surface area (Å²) in [6, 6.07) is 11.4. The summed E-state index contributed by atoms with van der Waals surface area (Å²) < 4.78 is 19.1. The van der Waals surface area contributed by atoms with Gasteiger partial charge in [0.05, 0.1) is 0 Å². The summed E-state index contributed by atoms with van der Waals surface area (Å²) in [7, 11) is 0. The lowest BCUT2D eigenvalue weighted by atomic mass is 9.96. The van der Waals surface area contributed by atoms with Crippen LogP contribution in [0.1, 0.15) is 28.9 Å². The van der Waals surface area contributed by atoms with E-state index in [2.05, 4.69) is 5.32 Å². The summed E-state index contributed by atoms with van der Waals surface area (Å²) >= 11 is 0. The first-order valence-electron chi connectivity index (χ1n) is 8.49. The Morgan fingerprint density at radius 3 is 2.45 bits per heavy atom. The molecular weight excluding hydrogens is 383 g/mol. The monoisotopic (exact) mass is 402 g/mol. The molecule has 0 saturated carbocycles. The molecule has 0 spiro atoms. The van der Waals surface area contributed by atoms with Crippen molar-refractivity contribution in [2.75, 3.05) is 0 Å². The van der Waals surface area contributed by atoms with Crippen molar-refractivity contribution in [1.82, 2.24) is 10.8 Å². The molecule has 0 aromatic heterocycles. The van der Waals surface area contributed by atoms with E-state index in [1.54, 1.807) is 25.1 Å². The molecule has 2 aromatic rings. The zero-order chi connectivity index (χ0) is 21.4. The molecule has 0 fully saturated rings. The van der Waals surface area contributed by atoms with Gasteiger partial charge in [0.15, 0.2) is 11.6 Å². The Hall–Kier alpha value is -3.72. The minimum atomic E-state index is -1.10. The molecule has 0 aliphatic heterocycles. The van der Waals surface area contributed by atoms with Crippen LogP contribution in [-0.2, 0) is 9.53 Å². The van der Waals surface area contributed by atoms with Gasteiger partial charge in [-0.3, -0.25) is 20.1 Å². The second-order valence-corrected chi connectivity index (χ2v) is 6.05. The van der Waals surface area contributed by atoms with Crippen LogP contribution < -0.4 is 10.8 Å². The molecule has 152 valence electrons. The molecule has 0 saturated heterocycles. The number of hydrogen-bond donors (Lipinski definition) is 4. The lowest BCUT2D eigenvalue weighted by molar-refractivity contribution is -0.124. The van der Waals surface area contributed by atoms with E-state index in [4.69, 9.17) is 9.94 Å². The molecule has 2 aromatic carbocycles. The molecule has 2 atom stereocenters. The van der Waals surface area contributed by atoms with Crippen molar-refractivity contribution in [3.05, 3.63) is 77.6 Å². The number of halogens is 1. The van der Waals surface area contributed by atoms with Crippen molar-refractivity contribution >= 4 is 17.9 Å². The maximum atomic E-state index is 13.8. The van der Waals surface area contributed by atoms with E-state index < -0.39 is 41.5 Å². The highest BCUT2D eigenvalue weighted by atomic mass is 19.1. The number of alkyl carbamates (subject to hydrolysis) is 1. The summed E-state index contributed by atoms with van der Waals surface area (Å²) in [6.07, 6.45) is 0.151. The average Bonchev–Trinajstić information content (AvgIpc) is 2.72. The lowest BCUT2D eigenvalue weighted by Crippen LogP contribution is -2.33. The Labute approximate surface area is 165 Å². The molecule has 0 unspecified atom stereocenters. The van der Waals surface area contributed by atoms with Gasteiger partial charge in [-0.25, -0.2) is 14.7 Å². The number of hydrogen-bond acceptors (Lipinski definition) is 6. The van der Waals surface area contributed by atoms with E-state index in [1.165, 1.54) is 29.8 Å². The van der Waals surface area contributed by atoms with Gasteiger partial charge < -0.3 is 9.84 Å². The number of nitrogens with one attached hydrogen (secondary N) is 2. The quantitative estimate of drug-likeness (QED) is 0.335. The average molecular weight is 402 g/mol. The van der Waals surface area contributed by atoms with Crippen LogP contribution in [0.4, 0.5) is 9.18 Å². The standard InChI is InChI=1S/C20H19FN2O6/c1-12(7-10-17(25)23-28)18(14-8-9-16(24)15(21)11-14)29-20(27)22-19(26)13-5-3-2-4-6-13/h2-12,18,24,28H,1H3,(H,23,25)(H,22,26,27)/b10-7+/t12-,18-/m0/s1. The van der Waals surface area contributed by atoms with Gasteiger partial charge in [-0.1, -0.05) is 37.3 Å². The van der Waals surface area contributed by atoms with Crippen LogP contribution in [0.15, 0.2) is 60.7 Å². The summed E-state index contributed by atoms with van der Waals surface area (Å²) in [4.78, 5) is 35.5. The number of ether oxygens (including phenoxy) is 1. The van der Waals surface area contributed by atoms with E-state index in [-0.39, 0.29) is 11.1 Å². The molecule has 0 aliphatic rings. The van der Waals surface area contributed by atoms with Crippen LogP contribution in [0.25, 0.3) is 0 Å². The Morgan fingerprint density at radius 2 is 1.83 bits per heavy atom. The number of imide groups is 1. The van der Waals surface area contributed by atoms with Crippen LogP contribution >= 0.6 is 0 Å². The number of phenolic OH excluding ortho intramolecular Hbond substituents is 1. The molecule has 0 heterocycles. The zero-order valence-corrected chi connectivity index (χ0v) is 15.3. The molecule has 0 bridgehead atoms. The molecule has 2 rings (SSSR count). The SMILES string of the molecule is C[C@@H](/C=C/C(=O)NO)[C@H](OC(=O)NC(=O)c1ccccc1)c1ccc(O)c(F)c1. The third-order valence-electron chi connectivity index (χ3n) is 3.92. The maximum absolute atomic E-state index is 13.8. The number of carbonyl (C=O) groups is 3. The molecule has 29 heavy (non-hydrogen) atoms. The second kappa shape index (κ2) is 10.00. The first-order valence-corrected chi connectivity index (χ1v) is 8.49. The topological polar surface area (TPSA) is 125 Å². The molecule has 9 heteroatoms. The highest BCUT2D eigenvalue weighted by Crippen LogP contribution is 2.30. The number of aromatic hydroxyl groups is 1. The predicted molar refractivity (Wildman–Crippen MR) is 99.4 cm³/mol. The Balaban J connectivity index is 2.20. The molecular formula is C20H19FN2O6. The predicted octanol–water partition coefficient (Wildman–Crippen LogP) is 2.84. The van der Waals surface area contributed by atoms with Crippen molar-refractivity contribution in [3.63, 3.8) is 0 Å². The Morgan fingerprint density at radius 1 is 1.14 bits per heavy atom. The number of carbonyl (C=O) groups excluding carboxylic acids is 3. The fraction of sp³-hybridized carbons (Fsp3) is 0.150. The smallest absolute Gasteiger partial charge is 0.414 e. The van der Waals surface area contributed by atoms with E-state index in [1.807, 2.05) is 0 Å². The van der Waals surface area contributed by atoms with Crippen molar-refractivity contribution < 1.29 is 33.8 Å². The minimum absolute atomic E-state index is 0.184. The van der Waals surface area contributed by atoms with Gasteiger partial charge in [0.1, 0.15) is 6.10 Å². The summed E-state index contributed by atoms with van der Waals surface area (Å²) in [5, 5.41) is 20.0. The molecule has 4 N–H and O–H groups in total. The van der Waals surface area contributed by atoms with Crippen molar-refractivity contribution in [2.24, 2.45) is 5.92 Å². The van der Waals surface area contributed by atoms with Gasteiger partial charge in [-0.15, -0.1) is 0 Å². The number of rotatable bonds is 6. The van der Waals surface area contributed by atoms with Gasteiger partial charge in [-0.05, 0) is 29.8 Å². The third kappa shape index (κ3) is 6.15. The van der Waals surface area contributed by atoms with Crippen molar-refractivity contribution in [2.45, 2.75) is 13.0 Å². The highest BCUT2D eigenvalue weighted by Gasteiger charge is 2.24. The van der Waals surface area contributed by atoms with Crippen LogP contribution in [-0.4, -0.2) is 28.2 Å². The Bertz CT molecular complexity index is 916. The fourth-order valence-corrected chi connectivity index (χ4v) is 2.46. The maximum Gasteiger partial charge on any atom is 0.414 e. The Kier molecular flexibility index (Phi) is 7.44. The highest BCUT2D eigenvalue weighted by molar-refractivity contribution is 6.02. The van der Waals surface area contributed by atoms with Crippen molar-refractivity contribution in [1.29, 1.82) is 0 Å². The van der Waals surface area contributed by atoms with Gasteiger partial charge in [-0.2, -0.15) is 0 Å². The van der Waals surface area contributed by atoms with Crippen molar-refractivity contribution in [3.8, 4) is 5.75 Å². The van der Waals surface area contributed by atoms with Gasteiger partial charge >= 0.3 is 6.09 Å².